The molecule has 0 bridgehead atoms. The number of carbonyl (C=O) groups is 1. The number of anilines is 1. The van der Waals surface area contributed by atoms with Crippen LogP contribution in [-0.2, 0) is 58.9 Å². The van der Waals surface area contributed by atoms with Gasteiger partial charge in [-0.25, -0.2) is 9.59 Å². The zero-order valence-corrected chi connectivity index (χ0v) is 30.3. The van der Waals surface area contributed by atoms with Gasteiger partial charge >= 0.3 is 26.6 Å². The first-order valence-corrected chi connectivity index (χ1v) is 17.7. The molecule has 20 heteroatoms. The standard InChI is InChI=1S/C13H22N3O6P.C12H21N2O5P.C2HClO/c1-5-11(22-9-23(19,20-3)21-4)8-16-7-6-12(14-10(2)17)15-13(16)18;1-5-11(19-9-20(16,17-3)18-4)8-14-7-6-10(2)13-12(14)15;1-2-4-3/h6-7,11H,5,8-9H2,1-4H3,(H,14,15,17,18);6-7,11H,5,8-9H2,1-4H3;1H. The van der Waals surface area contributed by atoms with Crippen molar-refractivity contribution in [2.75, 3.05) is 46.5 Å². The number of nitrogens with zero attached hydrogens (tertiary/aromatic N) is 4. The zero-order chi connectivity index (χ0) is 36.0. The molecule has 0 spiro atoms. The number of rotatable bonds is 17. The van der Waals surface area contributed by atoms with E-state index >= 15 is 0 Å². The summed E-state index contributed by atoms with van der Waals surface area (Å²) < 4.78 is 60.4. The molecule has 2 unspecified atom stereocenters. The SMILES string of the molecule is C#COCl.CCC(Cn1ccc(C)nc1=O)OCP(=O)(OC)OC.CCC(Cn1ccc(NC(C)=O)nc1=O)OCP(=O)(OC)OC. The quantitative estimate of drug-likeness (QED) is 0.181. The van der Waals surface area contributed by atoms with E-state index in [1.165, 1.54) is 56.8 Å². The predicted molar refractivity (Wildman–Crippen MR) is 175 cm³/mol. The van der Waals surface area contributed by atoms with E-state index in [9.17, 15) is 23.5 Å². The van der Waals surface area contributed by atoms with Crippen LogP contribution in [0.4, 0.5) is 5.82 Å². The summed E-state index contributed by atoms with van der Waals surface area (Å²) in [4.78, 5) is 42.2. The third kappa shape index (κ3) is 17.7. The van der Waals surface area contributed by atoms with Crippen LogP contribution in [-0.4, -0.2) is 78.4 Å². The van der Waals surface area contributed by atoms with E-state index in [-0.39, 0.29) is 48.9 Å². The van der Waals surface area contributed by atoms with E-state index in [0.717, 1.165) is 0 Å². The first kappa shape index (κ1) is 44.1. The molecule has 17 nitrogen and oxygen atoms in total. The molecule has 0 aliphatic heterocycles. The summed E-state index contributed by atoms with van der Waals surface area (Å²) in [6.07, 6.45) is 9.57. The fraction of sp³-hybridized carbons (Fsp3) is 0.593. The topological polar surface area (TPSA) is 198 Å². The van der Waals surface area contributed by atoms with E-state index in [1.54, 1.807) is 25.3 Å². The lowest BCUT2D eigenvalue weighted by Gasteiger charge is -2.20. The summed E-state index contributed by atoms with van der Waals surface area (Å²) in [5, 5.41) is 2.44. The Morgan fingerprint density at radius 1 is 0.894 bits per heavy atom. The second kappa shape index (κ2) is 23.4. The van der Waals surface area contributed by atoms with Crippen molar-refractivity contribution in [2.45, 2.75) is 65.8 Å². The maximum Gasteiger partial charge on any atom is 0.355 e. The molecule has 1 N–H and O–H groups in total. The number of ether oxygens (including phenoxy) is 2. The molecule has 1 amide bonds. The lowest BCUT2D eigenvalue weighted by molar-refractivity contribution is -0.114. The van der Waals surface area contributed by atoms with E-state index in [2.05, 4.69) is 37.9 Å². The molecule has 2 rings (SSSR count). The molecule has 0 aromatic carbocycles. The number of hydrogen-bond donors (Lipinski definition) is 1. The van der Waals surface area contributed by atoms with E-state index < -0.39 is 20.9 Å². The summed E-state index contributed by atoms with van der Waals surface area (Å²) in [5.74, 6) is -0.115. The molecular weight excluding hydrogens is 684 g/mol. The minimum atomic E-state index is -3.26. The molecule has 2 atom stereocenters. The van der Waals surface area contributed by atoms with E-state index in [1.807, 2.05) is 13.8 Å². The van der Waals surface area contributed by atoms with Crippen molar-refractivity contribution in [2.24, 2.45) is 0 Å². The van der Waals surface area contributed by atoms with Crippen LogP contribution in [0.15, 0.2) is 34.1 Å². The van der Waals surface area contributed by atoms with E-state index in [4.69, 9.17) is 27.6 Å². The molecule has 0 saturated carbocycles. The highest BCUT2D eigenvalue weighted by Gasteiger charge is 2.24. The third-order valence-corrected chi connectivity index (χ3v) is 9.24. The fourth-order valence-electron chi connectivity index (χ4n) is 3.26. The Kier molecular flexibility index (Phi) is 22.0. The van der Waals surface area contributed by atoms with Crippen LogP contribution in [0.5, 0.6) is 0 Å². The van der Waals surface area contributed by atoms with Gasteiger partial charge in [0, 0.05) is 53.5 Å². The number of amides is 1. The van der Waals surface area contributed by atoms with Gasteiger partial charge in [0.05, 0.1) is 25.3 Å². The molecule has 0 aliphatic rings. The van der Waals surface area contributed by atoms with Crippen LogP contribution in [0.25, 0.3) is 0 Å². The maximum atomic E-state index is 11.9. The molecule has 2 aromatic heterocycles. The molecule has 0 aliphatic carbocycles. The Labute approximate surface area is 279 Å². The van der Waals surface area contributed by atoms with Gasteiger partial charge in [0.1, 0.15) is 36.5 Å². The van der Waals surface area contributed by atoms with Crippen LogP contribution in [0.1, 0.15) is 39.3 Å². The third-order valence-electron chi connectivity index (χ3n) is 6.00. The Hall–Kier alpha value is -2.90. The monoisotopic (exact) mass is 727 g/mol. The largest absolute Gasteiger partial charge is 0.364 e. The van der Waals surface area contributed by atoms with Crippen molar-refractivity contribution >= 4 is 38.8 Å². The average Bonchev–Trinajstić information content (AvgIpc) is 3.06. The highest BCUT2D eigenvalue weighted by Crippen LogP contribution is 2.47. The average molecular weight is 728 g/mol. The minimum absolute atomic E-state index is 0.146. The van der Waals surface area contributed by atoms with Gasteiger partial charge in [-0.3, -0.25) is 23.1 Å². The molecule has 0 saturated heterocycles. The van der Waals surface area contributed by atoms with Crippen molar-refractivity contribution in [3.05, 3.63) is 51.2 Å². The maximum absolute atomic E-state index is 11.9. The second-order valence-electron chi connectivity index (χ2n) is 9.23. The number of nitrogens with one attached hydrogen (secondary N) is 1. The van der Waals surface area contributed by atoms with Crippen molar-refractivity contribution in [3.63, 3.8) is 0 Å². The second-order valence-corrected chi connectivity index (χ2v) is 13.8. The number of terminal acetylenes is 1. The summed E-state index contributed by atoms with van der Waals surface area (Å²) in [6, 6.07) is 3.27. The summed E-state index contributed by atoms with van der Waals surface area (Å²) in [5.41, 5.74) is -0.169. The van der Waals surface area contributed by atoms with Crippen molar-refractivity contribution in [1.29, 1.82) is 0 Å². The zero-order valence-electron chi connectivity index (χ0n) is 27.7. The molecule has 2 aromatic rings. The van der Waals surface area contributed by atoms with Gasteiger partial charge in [-0.05, 0) is 31.9 Å². The Morgan fingerprint density at radius 3 is 1.62 bits per heavy atom. The Bertz CT molecular complexity index is 1470. The van der Waals surface area contributed by atoms with Crippen LogP contribution in [0.3, 0.4) is 0 Å². The van der Waals surface area contributed by atoms with Crippen LogP contribution >= 0.6 is 27.1 Å². The first-order valence-electron chi connectivity index (χ1n) is 14.0. The number of halogens is 1. The number of aryl methyl sites for hydroxylation is 1. The summed E-state index contributed by atoms with van der Waals surface area (Å²) in [7, 11) is -1.28. The van der Waals surface area contributed by atoms with Gasteiger partial charge < -0.3 is 37.2 Å². The molecule has 0 radical (unpaired) electrons. The smallest absolute Gasteiger partial charge is 0.355 e. The first-order chi connectivity index (χ1) is 22.2. The molecule has 266 valence electrons. The molecule has 2 heterocycles. The van der Waals surface area contributed by atoms with Crippen LogP contribution in [0.2, 0.25) is 0 Å². The summed E-state index contributed by atoms with van der Waals surface area (Å²) in [6.45, 7) is 7.46. The lowest BCUT2D eigenvalue weighted by atomic mass is 10.3. The minimum Gasteiger partial charge on any atom is -0.364 e. The van der Waals surface area contributed by atoms with Gasteiger partial charge in [0.25, 0.3) is 0 Å². The molecular formula is C27H44ClN5O12P2. The highest BCUT2D eigenvalue weighted by molar-refractivity contribution is 7.53. The van der Waals surface area contributed by atoms with Crippen molar-refractivity contribution in [1.82, 2.24) is 19.1 Å². The van der Waals surface area contributed by atoms with Crippen LogP contribution < -0.4 is 16.7 Å². The summed E-state index contributed by atoms with van der Waals surface area (Å²) >= 11 is 4.45. The molecule has 0 fully saturated rings. The number of hydrogen-bond acceptors (Lipinski definition) is 14. The molecule has 47 heavy (non-hydrogen) atoms. The van der Waals surface area contributed by atoms with E-state index in [0.29, 0.717) is 25.1 Å². The van der Waals surface area contributed by atoms with Gasteiger partial charge in [-0.1, -0.05) is 20.3 Å². The normalized spacial score (nSPS) is 12.3. The number of carbonyl (C=O) groups excluding carboxylic acids is 1. The number of aromatic nitrogens is 4. The highest BCUT2D eigenvalue weighted by atomic mass is 35.5. The van der Waals surface area contributed by atoms with Gasteiger partial charge in [-0.15, -0.1) is 0 Å². The van der Waals surface area contributed by atoms with Crippen molar-refractivity contribution < 1.29 is 45.8 Å². The van der Waals surface area contributed by atoms with Crippen LogP contribution in [0, 0.1) is 19.5 Å². The fourth-order valence-corrected chi connectivity index (χ4v) is 4.77. The van der Waals surface area contributed by atoms with Gasteiger partial charge in [0.15, 0.2) is 0 Å². The Balaban J connectivity index is 0.000000814. The lowest BCUT2D eigenvalue weighted by Crippen LogP contribution is -2.30. The van der Waals surface area contributed by atoms with Crippen molar-refractivity contribution in [3.8, 4) is 12.5 Å². The van der Waals surface area contributed by atoms with Gasteiger partial charge in [0.2, 0.25) is 5.91 Å². The predicted octanol–water partition coefficient (Wildman–Crippen LogP) is 3.98. The Morgan fingerprint density at radius 2 is 1.30 bits per heavy atom. The van der Waals surface area contributed by atoms with Gasteiger partial charge in [-0.2, -0.15) is 9.97 Å².